The molecule has 0 bridgehead atoms. The molecule has 98 valence electrons. The van der Waals surface area contributed by atoms with Gasteiger partial charge in [-0.1, -0.05) is 0 Å². The number of hydrogen-bond donors (Lipinski definition) is 2. The lowest BCUT2D eigenvalue weighted by Gasteiger charge is -2.35. The molecule has 1 aromatic heterocycles. The molecule has 0 amide bonds. The third-order valence-electron chi connectivity index (χ3n) is 3.45. The van der Waals surface area contributed by atoms with E-state index in [2.05, 4.69) is 34.2 Å². The molecule has 6 heteroatoms. The van der Waals surface area contributed by atoms with E-state index in [1.54, 1.807) is 0 Å². The normalized spacial score (nSPS) is 24.8. The third-order valence-corrected chi connectivity index (χ3v) is 3.45. The summed E-state index contributed by atoms with van der Waals surface area (Å²) in [7, 11) is 2.10. The molecule has 0 aromatic carbocycles. The van der Waals surface area contributed by atoms with Gasteiger partial charge in [0.25, 0.3) is 0 Å². The molecule has 2 rings (SSSR count). The molecular formula is C12H18N4O2. The molecule has 6 nitrogen and oxygen atoms in total. The highest BCUT2D eigenvalue weighted by Gasteiger charge is 2.24. The van der Waals surface area contributed by atoms with E-state index in [1.807, 2.05) is 0 Å². The van der Waals surface area contributed by atoms with Crippen molar-refractivity contribution in [3.63, 3.8) is 0 Å². The van der Waals surface area contributed by atoms with Gasteiger partial charge in [0.2, 0.25) is 0 Å². The molecule has 1 aliphatic heterocycles. The minimum absolute atomic E-state index is 0.0101. The predicted molar refractivity (Wildman–Crippen MR) is 67.7 cm³/mol. The number of aromatic nitrogens is 2. The van der Waals surface area contributed by atoms with Crippen LogP contribution in [0.5, 0.6) is 0 Å². The van der Waals surface area contributed by atoms with Crippen molar-refractivity contribution < 1.29 is 9.90 Å². The van der Waals surface area contributed by atoms with Crippen molar-refractivity contribution in [1.29, 1.82) is 0 Å². The van der Waals surface area contributed by atoms with Gasteiger partial charge in [0.1, 0.15) is 0 Å². The Morgan fingerprint density at radius 1 is 1.50 bits per heavy atom. The van der Waals surface area contributed by atoms with Crippen LogP contribution in [0.15, 0.2) is 12.4 Å². The lowest BCUT2D eigenvalue weighted by Crippen LogP contribution is -2.43. The van der Waals surface area contributed by atoms with Crippen LogP contribution in [0.4, 0.5) is 5.82 Å². The maximum Gasteiger partial charge on any atom is 0.358 e. The summed E-state index contributed by atoms with van der Waals surface area (Å²) < 4.78 is 0. The zero-order chi connectivity index (χ0) is 13.1. The number of nitrogens with zero attached hydrogens (tertiary/aromatic N) is 3. The maximum atomic E-state index is 11.0. The van der Waals surface area contributed by atoms with Gasteiger partial charge in [-0.25, -0.2) is 14.8 Å². The van der Waals surface area contributed by atoms with E-state index in [0.717, 1.165) is 19.4 Å². The van der Waals surface area contributed by atoms with Gasteiger partial charge in [-0.05, 0) is 26.8 Å². The number of piperidine rings is 1. The highest BCUT2D eigenvalue weighted by atomic mass is 16.4. The molecule has 0 radical (unpaired) electrons. The minimum atomic E-state index is -1.05. The van der Waals surface area contributed by atoms with Gasteiger partial charge in [0, 0.05) is 31.0 Å². The van der Waals surface area contributed by atoms with Crippen LogP contribution < -0.4 is 5.32 Å². The van der Waals surface area contributed by atoms with E-state index < -0.39 is 5.97 Å². The quantitative estimate of drug-likeness (QED) is 0.835. The number of anilines is 1. The summed E-state index contributed by atoms with van der Waals surface area (Å²) in [5.74, 6) is -0.682. The first-order valence-electron chi connectivity index (χ1n) is 6.09. The molecule has 2 heterocycles. The number of carboxylic acids is 1. The summed E-state index contributed by atoms with van der Waals surface area (Å²) in [5.41, 5.74) is -0.0101. The summed E-state index contributed by atoms with van der Waals surface area (Å²) in [6, 6.07) is 0.743. The van der Waals surface area contributed by atoms with E-state index >= 15 is 0 Å². The van der Waals surface area contributed by atoms with Crippen molar-refractivity contribution in [3.05, 3.63) is 18.1 Å². The molecule has 1 aromatic rings. The van der Waals surface area contributed by atoms with Gasteiger partial charge in [-0.3, -0.25) is 0 Å². The average Bonchev–Trinajstić information content (AvgIpc) is 2.34. The second-order valence-corrected chi connectivity index (χ2v) is 4.75. The molecular weight excluding hydrogens is 232 g/mol. The summed E-state index contributed by atoms with van der Waals surface area (Å²) in [4.78, 5) is 21.2. The van der Waals surface area contributed by atoms with Gasteiger partial charge in [-0.2, -0.15) is 0 Å². The Kier molecular flexibility index (Phi) is 3.76. The Hall–Kier alpha value is -1.69. The monoisotopic (exact) mass is 250 g/mol. The van der Waals surface area contributed by atoms with Gasteiger partial charge < -0.3 is 15.3 Å². The summed E-state index contributed by atoms with van der Waals surface area (Å²) in [6.07, 6.45) is 4.86. The standard InChI is InChI=1S/C12H18N4O2/c1-8-7-9(3-6-16(8)2)15-11-10(12(17)18)13-4-5-14-11/h4-5,8-9H,3,6-7H2,1-2H3,(H,14,15)(H,17,18). The van der Waals surface area contributed by atoms with Crippen LogP contribution in [0, 0.1) is 0 Å². The lowest BCUT2D eigenvalue weighted by molar-refractivity contribution is 0.0691. The topological polar surface area (TPSA) is 78.3 Å². The van der Waals surface area contributed by atoms with Crippen molar-refractivity contribution in [3.8, 4) is 0 Å². The van der Waals surface area contributed by atoms with Gasteiger partial charge >= 0.3 is 5.97 Å². The van der Waals surface area contributed by atoms with Crippen molar-refractivity contribution in [2.24, 2.45) is 0 Å². The Balaban J connectivity index is 2.08. The molecule has 0 aliphatic carbocycles. The van der Waals surface area contributed by atoms with Crippen LogP contribution in [0.25, 0.3) is 0 Å². The third kappa shape index (κ3) is 2.76. The van der Waals surface area contributed by atoms with Crippen molar-refractivity contribution in [2.45, 2.75) is 31.8 Å². The van der Waals surface area contributed by atoms with E-state index in [0.29, 0.717) is 11.9 Å². The summed E-state index contributed by atoms with van der Waals surface area (Å²) in [5, 5.41) is 12.2. The molecule has 1 fully saturated rings. The van der Waals surface area contributed by atoms with Crippen molar-refractivity contribution in [1.82, 2.24) is 14.9 Å². The first-order valence-corrected chi connectivity index (χ1v) is 6.09. The number of nitrogens with one attached hydrogen (secondary N) is 1. The SMILES string of the molecule is CC1CC(Nc2nccnc2C(=O)O)CCN1C. The Morgan fingerprint density at radius 3 is 2.89 bits per heavy atom. The van der Waals surface area contributed by atoms with Crippen LogP contribution in [0.2, 0.25) is 0 Å². The van der Waals surface area contributed by atoms with Crippen LogP contribution in [0.3, 0.4) is 0 Å². The molecule has 2 atom stereocenters. The van der Waals surface area contributed by atoms with Gasteiger partial charge in [0.05, 0.1) is 0 Å². The molecule has 18 heavy (non-hydrogen) atoms. The molecule has 1 aliphatic rings. The van der Waals surface area contributed by atoms with E-state index in [9.17, 15) is 4.79 Å². The van der Waals surface area contributed by atoms with Crippen molar-refractivity contribution in [2.75, 3.05) is 18.9 Å². The van der Waals surface area contributed by atoms with Crippen LogP contribution in [-0.2, 0) is 0 Å². The number of likely N-dealkylation sites (tertiary alicyclic amines) is 1. The minimum Gasteiger partial charge on any atom is -0.476 e. The highest BCUT2D eigenvalue weighted by Crippen LogP contribution is 2.20. The van der Waals surface area contributed by atoms with E-state index in [4.69, 9.17) is 5.11 Å². The highest BCUT2D eigenvalue weighted by molar-refractivity contribution is 5.90. The number of carbonyl (C=O) groups is 1. The van der Waals surface area contributed by atoms with Gasteiger partial charge in [0.15, 0.2) is 11.5 Å². The van der Waals surface area contributed by atoms with Crippen LogP contribution in [0.1, 0.15) is 30.3 Å². The maximum absolute atomic E-state index is 11.0. The Bertz CT molecular complexity index is 438. The summed E-state index contributed by atoms with van der Waals surface area (Å²) >= 11 is 0. The first kappa shape index (κ1) is 12.8. The van der Waals surface area contributed by atoms with E-state index in [-0.39, 0.29) is 11.7 Å². The number of rotatable bonds is 3. The number of aromatic carboxylic acids is 1. The summed E-state index contributed by atoms with van der Waals surface area (Å²) in [6.45, 7) is 3.17. The lowest BCUT2D eigenvalue weighted by atomic mass is 9.99. The Morgan fingerprint density at radius 2 is 2.22 bits per heavy atom. The molecule has 0 spiro atoms. The second-order valence-electron chi connectivity index (χ2n) is 4.75. The Labute approximate surface area is 106 Å². The van der Waals surface area contributed by atoms with Crippen LogP contribution >= 0.6 is 0 Å². The smallest absolute Gasteiger partial charge is 0.358 e. The largest absolute Gasteiger partial charge is 0.476 e. The molecule has 2 N–H and O–H groups in total. The fourth-order valence-electron chi connectivity index (χ4n) is 2.21. The zero-order valence-electron chi connectivity index (χ0n) is 10.6. The van der Waals surface area contributed by atoms with Gasteiger partial charge in [-0.15, -0.1) is 0 Å². The molecule has 0 saturated carbocycles. The van der Waals surface area contributed by atoms with Crippen molar-refractivity contribution >= 4 is 11.8 Å². The zero-order valence-corrected chi connectivity index (χ0v) is 10.6. The number of carboxylic acid groups (broad SMARTS) is 1. The predicted octanol–water partition coefficient (Wildman–Crippen LogP) is 1.07. The van der Waals surface area contributed by atoms with Crippen LogP contribution in [-0.4, -0.2) is 51.6 Å². The molecule has 2 unspecified atom stereocenters. The average molecular weight is 250 g/mol. The van der Waals surface area contributed by atoms with E-state index in [1.165, 1.54) is 12.4 Å². The first-order chi connectivity index (χ1) is 8.58. The molecule has 1 saturated heterocycles. The number of hydrogen-bond acceptors (Lipinski definition) is 5. The second kappa shape index (κ2) is 5.30. The fraction of sp³-hybridized carbons (Fsp3) is 0.583. The fourth-order valence-corrected chi connectivity index (χ4v) is 2.21.